The molecule has 0 saturated heterocycles. The average molecular weight is 240 g/mol. The molecule has 96 valence electrons. The molecule has 1 unspecified atom stereocenters. The Morgan fingerprint density at radius 2 is 2.00 bits per heavy atom. The number of anilines is 2. The van der Waals surface area contributed by atoms with Crippen LogP contribution in [0.3, 0.4) is 0 Å². The summed E-state index contributed by atoms with van der Waals surface area (Å²) >= 11 is 0. The minimum Gasteiger partial charge on any atom is -0.365 e. The van der Waals surface area contributed by atoms with Crippen molar-refractivity contribution >= 4 is 11.8 Å². The zero-order valence-corrected chi connectivity index (χ0v) is 10.9. The minimum absolute atomic E-state index is 0.200. The molecule has 0 aliphatic carbocycles. The highest BCUT2D eigenvalue weighted by molar-refractivity contribution is 5.41. The lowest BCUT2D eigenvalue weighted by molar-refractivity contribution is 0.524. The van der Waals surface area contributed by atoms with E-state index in [-0.39, 0.29) is 11.9 Å². The van der Waals surface area contributed by atoms with Gasteiger partial charge in [-0.2, -0.15) is 4.98 Å². The van der Waals surface area contributed by atoms with Gasteiger partial charge in [-0.1, -0.05) is 13.8 Å². The van der Waals surface area contributed by atoms with Gasteiger partial charge in [0.25, 0.3) is 0 Å². The highest BCUT2D eigenvalue weighted by Crippen LogP contribution is 2.15. The van der Waals surface area contributed by atoms with Crippen LogP contribution in [0, 0.1) is 11.7 Å². The smallest absolute Gasteiger partial charge is 0.224 e. The molecule has 0 spiro atoms. The Labute approximate surface area is 102 Å². The van der Waals surface area contributed by atoms with E-state index in [1.54, 1.807) is 7.05 Å². The maximum atomic E-state index is 13.4. The Bertz CT molecular complexity index is 354. The van der Waals surface area contributed by atoms with Crippen LogP contribution in [0.2, 0.25) is 0 Å². The fourth-order valence-corrected chi connectivity index (χ4v) is 1.48. The molecule has 0 amide bonds. The summed E-state index contributed by atoms with van der Waals surface area (Å²) in [4.78, 5) is 7.85. The summed E-state index contributed by atoms with van der Waals surface area (Å²) in [7, 11) is 1.71. The molecule has 1 aromatic heterocycles. The van der Waals surface area contributed by atoms with Gasteiger partial charge in [-0.05, 0) is 25.7 Å². The van der Waals surface area contributed by atoms with Crippen LogP contribution in [-0.4, -0.2) is 23.1 Å². The summed E-state index contributed by atoms with van der Waals surface area (Å²) in [6.07, 6.45) is 3.28. The molecule has 5 heteroatoms. The third-order valence-corrected chi connectivity index (χ3v) is 2.53. The molecule has 0 aliphatic rings. The first-order valence-corrected chi connectivity index (χ1v) is 5.99. The second kappa shape index (κ2) is 6.37. The molecule has 1 heterocycles. The van der Waals surface area contributed by atoms with Gasteiger partial charge in [0.1, 0.15) is 0 Å². The number of nitrogens with zero attached hydrogens (tertiary/aromatic N) is 2. The standard InChI is InChI=1S/C12H21FN4/c1-8(2)5-6-9(3)16-11-10(13)7-15-12(14-4)17-11/h7-9H,5-6H2,1-4H3,(H2,14,15,16,17). The van der Waals surface area contributed by atoms with Gasteiger partial charge >= 0.3 is 0 Å². The molecular formula is C12H21FN4. The number of rotatable bonds is 6. The number of nitrogens with one attached hydrogen (secondary N) is 2. The van der Waals surface area contributed by atoms with Gasteiger partial charge in [0, 0.05) is 13.1 Å². The van der Waals surface area contributed by atoms with Crippen molar-refractivity contribution in [2.24, 2.45) is 5.92 Å². The molecule has 0 saturated carbocycles. The third kappa shape index (κ3) is 4.54. The van der Waals surface area contributed by atoms with Crippen molar-refractivity contribution in [3.05, 3.63) is 12.0 Å². The van der Waals surface area contributed by atoms with Crippen molar-refractivity contribution in [1.29, 1.82) is 0 Å². The minimum atomic E-state index is -0.416. The lowest BCUT2D eigenvalue weighted by Gasteiger charge is -2.16. The van der Waals surface area contributed by atoms with Crippen LogP contribution in [0.25, 0.3) is 0 Å². The van der Waals surface area contributed by atoms with Crippen LogP contribution in [-0.2, 0) is 0 Å². The van der Waals surface area contributed by atoms with Crippen LogP contribution < -0.4 is 10.6 Å². The van der Waals surface area contributed by atoms with Gasteiger partial charge in [-0.15, -0.1) is 0 Å². The molecular weight excluding hydrogens is 219 g/mol. The van der Waals surface area contributed by atoms with E-state index in [0.717, 1.165) is 12.8 Å². The van der Waals surface area contributed by atoms with Crippen LogP contribution in [0.5, 0.6) is 0 Å². The van der Waals surface area contributed by atoms with E-state index in [2.05, 4.69) is 34.4 Å². The van der Waals surface area contributed by atoms with E-state index in [9.17, 15) is 4.39 Å². The maximum Gasteiger partial charge on any atom is 0.224 e. The maximum absolute atomic E-state index is 13.4. The predicted molar refractivity (Wildman–Crippen MR) is 68.7 cm³/mol. The molecule has 0 bridgehead atoms. The van der Waals surface area contributed by atoms with E-state index in [0.29, 0.717) is 11.9 Å². The molecule has 1 atom stereocenters. The van der Waals surface area contributed by atoms with Gasteiger partial charge in [0.15, 0.2) is 11.6 Å². The molecule has 0 aliphatic heterocycles. The zero-order valence-electron chi connectivity index (χ0n) is 10.9. The number of hydrogen-bond acceptors (Lipinski definition) is 4. The summed E-state index contributed by atoms with van der Waals surface area (Å²) in [5, 5.41) is 5.86. The SMILES string of the molecule is CNc1ncc(F)c(NC(C)CCC(C)C)n1. The second-order valence-corrected chi connectivity index (χ2v) is 4.66. The van der Waals surface area contributed by atoms with Crippen molar-refractivity contribution in [1.82, 2.24) is 9.97 Å². The van der Waals surface area contributed by atoms with E-state index in [1.165, 1.54) is 6.20 Å². The van der Waals surface area contributed by atoms with E-state index in [4.69, 9.17) is 0 Å². The highest BCUT2D eigenvalue weighted by Gasteiger charge is 2.10. The van der Waals surface area contributed by atoms with Crippen molar-refractivity contribution in [2.45, 2.75) is 39.7 Å². The molecule has 0 fully saturated rings. The zero-order chi connectivity index (χ0) is 12.8. The topological polar surface area (TPSA) is 49.8 Å². The molecule has 2 N–H and O–H groups in total. The first-order valence-electron chi connectivity index (χ1n) is 5.99. The Hall–Kier alpha value is -1.39. The summed E-state index contributed by atoms with van der Waals surface area (Å²) in [5.74, 6) is 0.924. The fourth-order valence-electron chi connectivity index (χ4n) is 1.48. The number of aromatic nitrogens is 2. The lowest BCUT2D eigenvalue weighted by Crippen LogP contribution is -2.18. The molecule has 1 rings (SSSR count). The first-order chi connectivity index (χ1) is 8.02. The van der Waals surface area contributed by atoms with Crippen molar-refractivity contribution < 1.29 is 4.39 Å². The van der Waals surface area contributed by atoms with Crippen LogP contribution >= 0.6 is 0 Å². The summed E-state index contributed by atoms with van der Waals surface area (Å²) in [5.41, 5.74) is 0. The van der Waals surface area contributed by atoms with Crippen molar-refractivity contribution in [3.63, 3.8) is 0 Å². The fraction of sp³-hybridized carbons (Fsp3) is 0.667. The van der Waals surface area contributed by atoms with Crippen LogP contribution in [0.15, 0.2) is 6.20 Å². The largest absolute Gasteiger partial charge is 0.365 e. The Morgan fingerprint density at radius 1 is 1.29 bits per heavy atom. The van der Waals surface area contributed by atoms with Gasteiger partial charge in [-0.25, -0.2) is 9.37 Å². The van der Waals surface area contributed by atoms with Crippen molar-refractivity contribution in [2.75, 3.05) is 17.7 Å². The molecule has 4 nitrogen and oxygen atoms in total. The first kappa shape index (κ1) is 13.7. The Balaban J connectivity index is 2.60. The predicted octanol–water partition coefficient (Wildman–Crippen LogP) is 2.89. The van der Waals surface area contributed by atoms with E-state index >= 15 is 0 Å². The van der Waals surface area contributed by atoms with E-state index < -0.39 is 5.82 Å². The van der Waals surface area contributed by atoms with Crippen molar-refractivity contribution in [3.8, 4) is 0 Å². The van der Waals surface area contributed by atoms with Gasteiger partial charge in [0.05, 0.1) is 6.20 Å². The Morgan fingerprint density at radius 3 is 2.59 bits per heavy atom. The molecule has 0 aromatic carbocycles. The van der Waals surface area contributed by atoms with Gasteiger partial charge in [0.2, 0.25) is 5.95 Å². The van der Waals surface area contributed by atoms with Gasteiger partial charge < -0.3 is 10.6 Å². The van der Waals surface area contributed by atoms with E-state index in [1.807, 2.05) is 6.92 Å². The summed E-state index contributed by atoms with van der Waals surface area (Å²) < 4.78 is 13.4. The van der Waals surface area contributed by atoms with Crippen LogP contribution in [0.1, 0.15) is 33.6 Å². The molecule has 17 heavy (non-hydrogen) atoms. The summed E-state index contributed by atoms with van der Waals surface area (Å²) in [6, 6.07) is 0.200. The second-order valence-electron chi connectivity index (χ2n) is 4.66. The molecule has 0 radical (unpaired) electrons. The van der Waals surface area contributed by atoms with Crippen LogP contribution in [0.4, 0.5) is 16.2 Å². The summed E-state index contributed by atoms with van der Waals surface area (Å²) in [6.45, 7) is 6.39. The number of hydrogen-bond donors (Lipinski definition) is 2. The lowest BCUT2D eigenvalue weighted by atomic mass is 10.0. The quantitative estimate of drug-likeness (QED) is 0.802. The molecule has 1 aromatic rings. The number of halogens is 1. The Kier molecular flexibility index (Phi) is 5.12. The monoisotopic (exact) mass is 240 g/mol. The van der Waals surface area contributed by atoms with Gasteiger partial charge in [-0.3, -0.25) is 0 Å². The highest BCUT2D eigenvalue weighted by atomic mass is 19.1. The third-order valence-electron chi connectivity index (χ3n) is 2.53. The average Bonchev–Trinajstić information content (AvgIpc) is 2.29. The normalized spacial score (nSPS) is 12.6.